The molecule has 4 heteroatoms. The third kappa shape index (κ3) is 2.27. The lowest BCUT2D eigenvalue weighted by Gasteiger charge is -2.09. The van der Waals surface area contributed by atoms with Crippen LogP contribution in [0.4, 0.5) is 4.39 Å². The van der Waals surface area contributed by atoms with Crippen molar-refractivity contribution in [2.75, 3.05) is 0 Å². The van der Waals surface area contributed by atoms with Crippen LogP contribution >= 0.6 is 15.9 Å². The normalized spacial score (nSPS) is 12.2. The number of aliphatic hydroxyl groups excluding tert-OH is 1. The van der Waals surface area contributed by atoms with Crippen LogP contribution in [0.15, 0.2) is 22.7 Å². The van der Waals surface area contributed by atoms with Gasteiger partial charge in [-0.2, -0.15) is 5.26 Å². The Hall–Kier alpha value is -0.920. The van der Waals surface area contributed by atoms with Gasteiger partial charge in [-0.15, -0.1) is 0 Å². The smallest absolute Gasteiger partial charge is 0.137 e. The maximum Gasteiger partial charge on any atom is 0.137 e. The topological polar surface area (TPSA) is 44.0 Å². The van der Waals surface area contributed by atoms with Crippen molar-refractivity contribution in [2.45, 2.75) is 12.5 Å². The summed E-state index contributed by atoms with van der Waals surface area (Å²) in [6.07, 6.45) is -0.975. The van der Waals surface area contributed by atoms with Gasteiger partial charge in [-0.05, 0) is 27.6 Å². The molecule has 0 aliphatic carbocycles. The van der Waals surface area contributed by atoms with Gasteiger partial charge in [0.25, 0.3) is 0 Å². The lowest BCUT2D eigenvalue weighted by atomic mass is 10.1. The Morgan fingerprint density at radius 2 is 2.31 bits per heavy atom. The van der Waals surface area contributed by atoms with Crippen LogP contribution in [0.5, 0.6) is 0 Å². The summed E-state index contributed by atoms with van der Waals surface area (Å²) in [5.41, 5.74) is 0.404. The van der Waals surface area contributed by atoms with Gasteiger partial charge in [0.15, 0.2) is 0 Å². The lowest BCUT2D eigenvalue weighted by molar-refractivity contribution is 0.182. The summed E-state index contributed by atoms with van der Waals surface area (Å²) in [5.74, 6) is -0.436. The molecule has 0 spiro atoms. The Labute approximate surface area is 83.7 Å². The molecule has 0 fully saturated rings. The van der Waals surface area contributed by atoms with Crippen LogP contribution in [0.3, 0.4) is 0 Å². The molecule has 1 unspecified atom stereocenters. The standard InChI is InChI=1S/C9H7BrFNO/c10-9-6(8(13)4-5-12)2-1-3-7(9)11/h1-3,8,13H,4H2. The molecular formula is C9H7BrFNO. The van der Waals surface area contributed by atoms with Gasteiger partial charge in [-0.1, -0.05) is 12.1 Å². The Morgan fingerprint density at radius 3 is 2.92 bits per heavy atom. The average Bonchev–Trinajstić information content (AvgIpc) is 2.10. The van der Waals surface area contributed by atoms with Gasteiger partial charge in [0.1, 0.15) is 5.82 Å². The molecule has 1 aromatic rings. The minimum atomic E-state index is -0.935. The molecule has 1 N–H and O–H groups in total. The maximum atomic E-state index is 12.9. The van der Waals surface area contributed by atoms with Crippen LogP contribution in [0.2, 0.25) is 0 Å². The van der Waals surface area contributed by atoms with Crippen LogP contribution in [-0.4, -0.2) is 5.11 Å². The zero-order chi connectivity index (χ0) is 9.84. The molecule has 0 heterocycles. The van der Waals surface area contributed by atoms with Crippen LogP contribution in [0, 0.1) is 17.1 Å². The predicted molar refractivity (Wildman–Crippen MR) is 49.3 cm³/mol. The highest BCUT2D eigenvalue weighted by atomic mass is 79.9. The van der Waals surface area contributed by atoms with Gasteiger partial charge in [0.05, 0.1) is 23.1 Å². The van der Waals surface area contributed by atoms with Crippen LogP contribution in [-0.2, 0) is 0 Å². The predicted octanol–water partition coefficient (Wildman–Crippen LogP) is 2.54. The lowest BCUT2D eigenvalue weighted by Crippen LogP contribution is -1.98. The second-order valence-corrected chi connectivity index (χ2v) is 3.31. The molecule has 0 bridgehead atoms. The summed E-state index contributed by atoms with van der Waals surface area (Å²) in [7, 11) is 0. The van der Waals surface area contributed by atoms with Gasteiger partial charge >= 0.3 is 0 Å². The van der Waals surface area contributed by atoms with E-state index < -0.39 is 11.9 Å². The monoisotopic (exact) mass is 243 g/mol. The molecule has 2 nitrogen and oxygen atoms in total. The first-order valence-corrected chi connectivity index (χ1v) is 4.45. The van der Waals surface area contributed by atoms with Crippen molar-refractivity contribution in [1.82, 2.24) is 0 Å². The van der Waals surface area contributed by atoms with Gasteiger partial charge in [0.2, 0.25) is 0 Å². The van der Waals surface area contributed by atoms with Crippen molar-refractivity contribution in [3.05, 3.63) is 34.1 Å². The minimum absolute atomic E-state index is 0.0396. The molecule has 0 saturated carbocycles. The first kappa shape index (κ1) is 10.2. The minimum Gasteiger partial charge on any atom is -0.387 e. The highest BCUT2D eigenvalue weighted by Gasteiger charge is 2.12. The Morgan fingerprint density at radius 1 is 1.62 bits per heavy atom. The Kier molecular flexibility index (Phi) is 3.40. The summed E-state index contributed by atoms with van der Waals surface area (Å²) < 4.78 is 13.2. The Balaban J connectivity index is 3.02. The van der Waals surface area contributed by atoms with Crippen LogP contribution in [0.1, 0.15) is 18.1 Å². The van der Waals surface area contributed by atoms with Crippen molar-refractivity contribution < 1.29 is 9.50 Å². The van der Waals surface area contributed by atoms with Gasteiger partial charge < -0.3 is 5.11 Å². The van der Waals surface area contributed by atoms with E-state index >= 15 is 0 Å². The molecule has 0 aromatic heterocycles. The van der Waals surface area contributed by atoms with E-state index in [1.54, 1.807) is 6.07 Å². The average molecular weight is 244 g/mol. The summed E-state index contributed by atoms with van der Waals surface area (Å²) in [5, 5.41) is 17.7. The van der Waals surface area contributed by atoms with Crippen molar-refractivity contribution >= 4 is 15.9 Å². The van der Waals surface area contributed by atoms with E-state index in [0.717, 1.165) is 0 Å². The summed E-state index contributed by atoms with van der Waals surface area (Å²) in [4.78, 5) is 0. The third-order valence-corrected chi connectivity index (χ3v) is 2.46. The van der Waals surface area contributed by atoms with Crippen molar-refractivity contribution in [1.29, 1.82) is 5.26 Å². The van der Waals surface area contributed by atoms with E-state index in [9.17, 15) is 9.50 Å². The SMILES string of the molecule is N#CCC(O)c1cccc(F)c1Br. The highest BCUT2D eigenvalue weighted by Crippen LogP contribution is 2.27. The molecule has 1 atom stereocenters. The number of rotatable bonds is 2. The van der Waals surface area contributed by atoms with Crippen molar-refractivity contribution in [2.24, 2.45) is 0 Å². The van der Waals surface area contributed by atoms with E-state index in [4.69, 9.17) is 5.26 Å². The zero-order valence-electron chi connectivity index (χ0n) is 6.67. The summed E-state index contributed by atoms with van der Waals surface area (Å²) >= 11 is 3.01. The number of aliphatic hydroxyl groups is 1. The fourth-order valence-electron chi connectivity index (χ4n) is 0.974. The highest BCUT2D eigenvalue weighted by molar-refractivity contribution is 9.10. The fraction of sp³-hybridized carbons (Fsp3) is 0.222. The maximum absolute atomic E-state index is 12.9. The number of hydrogen-bond donors (Lipinski definition) is 1. The van der Waals surface area contributed by atoms with E-state index in [2.05, 4.69) is 15.9 Å². The third-order valence-electron chi connectivity index (χ3n) is 1.63. The first-order chi connectivity index (χ1) is 6.16. The van der Waals surface area contributed by atoms with Crippen molar-refractivity contribution in [3.63, 3.8) is 0 Å². The molecule has 0 amide bonds. The number of nitrogens with zero attached hydrogens (tertiary/aromatic N) is 1. The van der Waals surface area contributed by atoms with Gasteiger partial charge in [-0.3, -0.25) is 0 Å². The Bertz CT molecular complexity index is 348. The van der Waals surface area contributed by atoms with E-state index in [-0.39, 0.29) is 10.9 Å². The van der Waals surface area contributed by atoms with E-state index in [0.29, 0.717) is 5.56 Å². The molecule has 13 heavy (non-hydrogen) atoms. The van der Waals surface area contributed by atoms with Crippen LogP contribution < -0.4 is 0 Å². The summed E-state index contributed by atoms with van der Waals surface area (Å²) in [6.45, 7) is 0. The molecule has 68 valence electrons. The number of halogens is 2. The quantitative estimate of drug-likeness (QED) is 0.868. The zero-order valence-corrected chi connectivity index (χ0v) is 8.25. The van der Waals surface area contributed by atoms with Gasteiger partial charge in [0, 0.05) is 0 Å². The number of hydrogen-bond acceptors (Lipinski definition) is 2. The van der Waals surface area contributed by atoms with E-state index in [1.807, 2.05) is 6.07 Å². The second-order valence-electron chi connectivity index (χ2n) is 2.52. The van der Waals surface area contributed by atoms with E-state index in [1.165, 1.54) is 12.1 Å². The molecule has 0 radical (unpaired) electrons. The van der Waals surface area contributed by atoms with Crippen LogP contribution in [0.25, 0.3) is 0 Å². The molecular weight excluding hydrogens is 237 g/mol. The van der Waals surface area contributed by atoms with Gasteiger partial charge in [-0.25, -0.2) is 4.39 Å². The first-order valence-electron chi connectivity index (χ1n) is 3.65. The number of nitriles is 1. The largest absolute Gasteiger partial charge is 0.387 e. The molecule has 0 aliphatic heterocycles. The fourth-order valence-corrected chi connectivity index (χ4v) is 1.50. The number of benzene rings is 1. The van der Waals surface area contributed by atoms with Crippen molar-refractivity contribution in [3.8, 4) is 6.07 Å². The molecule has 1 rings (SSSR count). The summed E-state index contributed by atoms with van der Waals surface area (Å²) in [6, 6.07) is 6.18. The molecule has 1 aromatic carbocycles. The molecule has 0 saturated heterocycles. The second kappa shape index (κ2) is 4.35. The molecule has 0 aliphatic rings.